The first-order valence-corrected chi connectivity index (χ1v) is 16.5. The number of amides is 4. The third-order valence-corrected chi connectivity index (χ3v) is 7.09. The van der Waals surface area contributed by atoms with E-state index in [-0.39, 0.29) is 65.1 Å². The Labute approximate surface area is 290 Å². The Morgan fingerprint density at radius 3 is 1.02 bits per heavy atom. The van der Waals surface area contributed by atoms with E-state index in [2.05, 4.69) is 0 Å². The summed E-state index contributed by atoms with van der Waals surface area (Å²) in [7, 11) is 1.03. The number of carboxylic acids is 1. The zero-order valence-electron chi connectivity index (χ0n) is 28.6. The number of hydrogen-bond acceptors (Lipinski definition) is 16. The van der Waals surface area contributed by atoms with Gasteiger partial charge in [0.25, 0.3) is 5.66 Å². The highest BCUT2D eigenvalue weighted by Gasteiger charge is 2.61. The van der Waals surface area contributed by atoms with E-state index in [1.54, 1.807) is 0 Å². The summed E-state index contributed by atoms with van der Waals surface area (Å²) in [5, 5.41) is 8.49. The predicted octanol–water partition coefficient (Wildman–Crippen LogP) is -1.22. The topological polar surface area (TPSA) is 221 Å². The molecule has 286 valence electrons. The Bertz CT molecular complexity index is 990. The van der Waals surface area contributed by atoms with E-state index >= 15 is 0 Å². The van der Waals surface area contributed by atoms with Crippen LogP contribution in [-0.2, 0) is 76.1 Å². The first kappa shape index (κ1) is 43.0. The van der Waals surface area contributed by atoms with Crippen molar-refractivity contribution in [3.05, 3.63) is 0 Å². The Kier molecular flexibility index (Phi) is 22.2. The highest BCUT2D eigenvalue weighted by molar-refractivity contribution is 6.12. The summed E-state index contributed by atoms with van der Waals surface area (Å²) in [5.74, 6) is -4.85. The SMILES string of the molecule is COC(=O)C(COCCOCCOCCOCCOCCOCCOCCOCCOCCC(=O)O)(N1C(=O)CCC1=O)N1C(=O)CCC1=O. The number of carbonyl (C=O) groups is 6. The Morgan fingerprint density at radius 2 is 0.760 bits per heavy atom. The Morgan fingerprint density at radius 1 is 0.500 bits per heavy atom. The molecule has 0 radical (unpaired) electrons. The van der Waals surface area contributed by atoms with Gasteiger partial charge in [-0.25, -0.2) is 14.6 Å². The summed E-state index contributed by atoms with van der Waals surface area (Å²) in [5.41, 5.74) is -2.36. The zero-order chi connectivity index (χ0) is 36.5. The molecule has 0 bridgehead atoms. The van der Waals surface area contributed by atoms with E-state index in [0.717, 1.165) is 7.11 Å². The van der Waals surface area contributed by atoms with Crippen molar-refractivity contribution in [1.82, 2.24) is 9.80 Å². The molecule has 0 aromatic carbocycles. The highest BCUT2D eigenvalue weighted by Crippen LogP contribution is 2.33. The molecule has 0 saturated carbocycles. The molecule has 0 aliphatic carbocycles. The number of nitrogens with zero attached hydrogens (tertiary/aromatic N) is 2. The van der Waals surface area contributed by atoms with Crippen molar-refractivity contribution in [2.45, 2.75) is 37.8 Å². The minimum atomic E-state index is -2.36. The van der Waals surface area contributed by atoms with Gasteiger partial charge in [-0.15, -0.1) is 0 Å². The number of rotatable bonds is 32. The molecule has 2 rings (SSSR count). The van der Waals surface area contributed by atoms with E-state index in [4.69, 9.17) is 52.5 Å². The third kappa shape index (κ3) is 15.4. The normalized spacial score (nSPS) is 15.1. The van der Waals surface area contributed by atoms with Gasteiger partial charge in [0.2, 0.25) is 23.6 Å². The Hall–Kier alpha value is -3.14. The van der Waals surface area contributed by atoms with Crippen molar-refractivity contribution in [3.63, 3.8) is 0 Å². The average molecular weight is 723 g/mol. The molecular weight excluding hydrogens is 672 g/mol. The fourth-order valence-electron chi connectivity index (χ4n) is 4.75. The van der Waals surface area contributed by atoms with E-state index in [1.807, 2.05) is 0 Å². The summed E-state index contributed by atoms with van der Waals surface area (Å²) >= 11 is 0. The lowest BCUT2D eigenvalue weighted by Gasteiger charge is -2.42. The number of carboxylic acid groups (broad SMARTS) is 1. The van der Waals surface area contributed by atoms with Gasteiger partial charge in [-0.2, -0.15) is 0 Å². The number of likely N-dealkylation sites (tertiary alicyclic amines) is 2. The predicted molar refractivity (Wildman–Crippen MR) is 167 cm³/mol. The van der Waals surface area contributed by atoms with Crippen LogP contribution in [0.1, 0.15) is 32.1 Å². The van der Waals surface area contributed by atoms with Crippen LogP contribution in [0.25, 0.3) is 0 Å². The van der Waals surface area contributed by atoms with Crippen molar-refractivity contribution in [2.75, 3.05) is 126 Å². The molecule has 2 heterocycles. The minimum absolute atomic E-state index is 0.0264. The van der Waals surface area contributed by atoms with Crippen LogP contribution in [0.5, 0.6) is 0 Å². The summed E-state index contributed by atoms with van der Waals surface area (Å²) in [4.78, 5) is 75.0. The maximum absolute atomic E-state index is 13.0. The maximum atomic E-state index is 13.0. The van der Waals surface area contributed by atoms with Crippen LogP contribution in [0, 0.1) is 0 Å². The van der Waals surface area contributed by atoms with Crippen LogP contribution >= 0.6 is 0 Å². The second-order valence-electron chi connectivity index (χ2n) is 10.6. The molecule has 50 heavy (non-hydrogen) atoms. The summed E-state index contributed by atoms with van der Waals surface area (Å²) in [6.07, 6.45) is -0.686. The Balaban J connectivity index is 1.42. The van der Waals surface area contributed by atoms with Crippen molar-refractivity contribution < 1.29 is 81.2 Å². The van der Waals surface area contributed by atoms with Crippen LogP contribution in [0.4, 0.5) is 0 Å². The molecule has 0 spiro atoms. The zero-order valence-corrected chi connectivity index (χ0v) is 28.6. The van der Waals surface area contributed by atoms with Gasteiger partial charge in [0.15, 0.2) is 0 Å². The van der Waals surface area contributed by atoms with Crippen molar-refractivity contribution in [2.24, 2.45) is 0 Å². The van der Waals surface area contributed by atoms with Crippen LogP contribution in [0.15, 0.2) is 0 Å². The first-order chi connectivity index (χ1) is 24.3. The smallest absolute Gasteiger partial charge is 0.356 e. The first-order valence-electron chi connectivity index (χ1n) is 16.5. The standard InChI is InChI=1S/C31H50N2O17/c1-41-30(40)31(32-25(34)2-3-26(32)35,33-27(36)4-5-28(33)37)24-50-23-22-49-21-20-48-19-18-47-17-16-46-15-14-45-13-12-44-11-10-43-9-8-42-7-6-29(38)39/h2-24H2,1H3,(H,38,39). The van der Waals surface area contributed by atoms with Gasteiger partial charge in [0.05, 0.1) is 126 Å². The number of ether oxygens (including phenoxy) is 10. The molecule has 19 nitrogen and oxygen atoms in total. The quantitative estimate of drug-likeness (QED) is 0.0488. The minimum Gasteiger partial charge on any atom is -0.481 e. The molecular formula is C31H50N2O17. The number of carbonyl (C=O) groups excluding carboxylic acids is 5. The van der Waals surface area contributed by atoms with E-state index < -0.39 is 47.8 Å². The van der Waals surface area contributed by atoms with Crippen LogP contribution in [0.3, 0.4) is 0 Å². The van der Waals surface area contributed by atoms with Gasteiger partial charge in [-0.05, 0) is 0 Å². The van der Waals surface area contributed by atoms with Crippen molar-refractivity contribution in [3.8, 4) is 0 Å². The number of aliphatic carboxylic acids is 1. The van der Waals surface area contributed by atoms with E-state index in [9.17, 15) is 28.8 Å². The molecule has 0 atom stereocenters. The number of esters is 1. The fourth-order valence-corrected chi connectivity index (χ4v) is 4.75. The summed E-state index contributed by atoms with van der Waals surface area (Å²) in [6, 6.07) is 0. The van der Waals surface area contributed by atoms with Crippen LogP contribution in [-0.4, -0.2) is 182 Å². The number of imide groups is 2. The van der Waals surface area contributed by atoms with Gasteiger partial charge >= 0.3 is 11.9 Å². The molecule has 1 N–H and O–H groups in total. The van der Waals surface area contributed by atoms with Crippen molar-refractivity contribution in [1.29, 1.82) is 0 Å². The number of methoxy groups -OCH3 is 1. The molecule has 2 saturated heterocycles. The average Bonchev–Trinajstić information content (AvgIpc) is 3.62. The van der Waals surface area contributed by atoms with Gasteiger partial charge in [0, 0.05) is 25.7 Å². The third-order valence-electron chi connectivity index (χ3n) is 7.09. The highest BCUT2D eigenvalue weighted by atomic mass is 16.6. The molecule has 2 fully saturated rings. The second kappa shape index (κ2) is 25.8. The van der Waals surface area contributed by atoms with Crippen molar-refractivity contribution >= 4 is 35.6 Å². The summed E-state index contributed by atoms with van der Waals surface area (Å²) in [6.45, 7) is 4.74. The van der Waals surface area contributed by atoms with E-state index in [1.165, 1.54) is 0 Å². The summed E-state index contributed by atoms with van der Waals surface area (Å²) < 4.78 is 53.4. The molecule has 19 heteroatoms. The van der Waals surface area contributed by atoms with Gasteiger partial charge in [0.1, 0.15) is 6.61 Å². The molecule has 0 unspecified atom stereocenters. The molecule has 0 aromatic rings. The maximum Gasteiger partial charge on any atom is 0.356 e. The van der Waals surface area contributed by atoms with Crippen LogP contribution in [0.2, 0.25) is 0 Å². The lowest BCUT2D eigenvalue weighted by Crippen LogP contribution is -2.71. The molecule has 0 aromatic heterocycles. The van der Waals surface area contributed by atoms with Gasteiger partial charge < -0.3 is 52.5 Å². The lowest BCUT2D eigenvalue weighted by molar-refractivity contribution is -0.192. The number of hydrogen-bond donors (Lipinski definition) is 1. The molecule has 4 amide bonds. The van der Waals surface area contributed by atoms with E-state index in [0.29, 0.717) is 89.1 Å². The van der Waals surface area contributed by atoms with Gasteiger partial charge in [-0.1, -0.05) is 0 Å². The lowest BCUT2D eigenvalue weighted by atomic mass is 10.1. The van der Waals surface area contributed by atoms with Gasteiger partial charge in [-0.3, -0.25) is 24.0 Å². The second-order valence-corrected chi connectivity index (χ2v) is 10.6. The molecule has 2 aliphatic rings. The molecule has 2 aliphatic heterocycles. The van der Waals surface area contributed by atoms with Crippen LogP contribution < -0.4 is 0 Å². The monoisotopic (exact) mass is 722 g/mol. The fraction of sp³-hybridized carbons (Fsp3) is 0.806. The largest absolute Gasteiger partial charge is 0.481 e.